The first-order valence-electron chi connectivity index (χ1n) is 8.21. The Labute approximate surface area is 132 Å². The third kappa shape index (κ3) is 11.7. The summed E-state index contributed by atoms with van der Waals surface area (Å²) in [6.07, 6.45) is 0. The van der Waals surface area contributed by atoms with Crippen molar-refractivity contribution in [2.45, 2.75) is 55.4 Å². The van der Waals surface area contributed by atoms with E-state index in [1.54, 1.807) is 12.1 Å². The molecule has 2 aromatic carbocycles. The van der Waals surface area contributed by atoms with Gasteiger partial charge in [-0.2, -0.15) is 0 Å². The molecule has 0 aromatic heterocycles. The standard InChI is InChI=1S/C12H10O.4C2H6/c13-12-8-6-11(7-9-12)10-4-2-1-3-5-10;4*1-2/h1-9,13H;4*1-2H3. The van der Waals surface area contributed by atoms with E-state index in [1.807, 2.05) is 97.9 Å². The van der Waals surface area contributed by atoms with Gasteiger partial charge in [-0.05, 0) is 23.3 Å². The van der Waals surface area contributed by atoms with Gasteiger partial charge < -0.3 is 5.11 Å². The smallest absolute Gasteiger partial charge is 0.115 e. The predicted molar refractivity (Wildman–Crippen MR) is 98.9 cm³/mol. The lowest BCUT2D eigenvalue weighted by Crippen LogP contribution is -1.74. The molecule has 0 bridgehead atoms. The summed E-state index contributed by atoms with van der Waals surface area (Å²) in [6.45, 7) is 16.0. The summed E-state index contributed by atoms with van der Waals surface area (Å²) in [5.74, 6) is 0.305. The largest absolute Gasteiger partial charge is 0.508 e. The average molecular weight is 290 g/mol. The van der Waals surface area contributed by atoms with Gasteiger partial charge >= 0.3 is 0 Å². The number of phenolic OH excluding ortho intramolecular Hbond substituents is 1. The van der Waals surface area contributed by atoms with Crippen LogP contribution in [0.5, 0.6) is 5.75 Å². The minimum Gasteiger partial charge on any atom is -0.508 e. The Morgan fingerprint density at radius 2 is 0.810 bits per heavy atom. The van der Waals surface area contributed by atoms with Crippen LogP contribution in [0.15, 0.2) is 54.6 Å². The van der Waals surface area contributed by atoms with Crippen LogP contribution in [0.4, 0.5) is 0 Å². The first kappa shape index (κ1) is 24.3. The Kier molecular flexibility index (Phi) is 23.8. The zero-order chi connectivity index (χ0) is 17.1. The molecule has 0 saturated heterocycles. The molecule has 0 spiro atoms. The van der Waals surface area contributed by atoms with Crippen LogP contribution in [0.2, 0.25) is 0 Å². The van der Waals surface area contributed by atoms with Crippen LogP contribution in [0.3, 0.4) is 0 Å². The molecular weight excluding hydrogens is 256 g/mol. The molecule has 0 aliphatic heterocycles. The van der Waals surface area contributed by atoms with E-state index in [2.05, 4.69) is 0 Å². The fraction of sp³-hybridized carbons (Fsp3) is 0.400. The van der Waals surface area contributed by atoms with Crippen molar-refractivity contribution in [1.29, 1.82) is 0 Å². The SMILES string of the molecule is CC.CC.CC.CC.Oc1ccc(-c2ccccc2)cc1. The van der Waals surface area contributed by atoms with E-state index in [4.69, 9.17) is 5.11 Å². The summed E-state index contributed by atoms with van der Waals surface area (Å²) in [7, 11) is 0. The molecule has 2 aromatic rings. The average Bonchev–Trinajstić information content (AvgIpc) is 2.63. The van der Waals surface area contributed by atoms with Gasteiger partial charge in [-0.3, -0.25) is 0 Å². The van der Waals surface area contributed by atoms with E-state index in [1.165, 1.54) is 5.56 Å². The van der Waals surface area contributed by atoms with Crippen molar-refractivity contribution >= 4 is 0 Å². The second-order valence-corrected chi connectivity index (χ2v) is 2.91. The maximum Gasteiger partial charge on any atom is 0.115 e. The van der Waals surface area contributed by atoms with Crippen molar-refractivity contribution in [3.05, 3.63) is 54.6 Å². The zero-order valence-corrected chi connectivity index (χ0v) is 15.1. The molecule has 0 amide bonds. The number of aromatic hydroxyl groups is 1. The lowest BCUT2D eigenvalue weighted by atomic mass is 10.1. The van der Waals surface area contributed by atoms with Gasteiger partial charge in [-0.25, -0.2) is 0 Å². The lowest BCUT2D eigenvalue weighted by Gasteiger charge is -2.00. The van der Waals surface area contributed by atoms with Gasteiger partial charge in [0, 0.05) is 0 Å². The highest BCUT2D eigenvalue weighted by Crippen LogP contribution is 2.20. The van der Waals surface area contributed by atoms with Crippen molar-refractivity contribution in [2.75, 3.05) is 0 Å². The van der Waals surface area contributed by atoms with Gasteiger partial charge in [0.15, 0.2) is 0 Å². The summed E-state index contributed by atoms with van der Waals surface area (Å²) in [5.41, 5.74) is 2.29. The molecule has 0 aliphatic rings. The van der Waals surface area contributed by atoms with Crippen LogP contribution in [0.25, 0.3) is 11.1 Å². The summed E-state index contributed by atoms with van der Waals surface area (Å²) in [5, 5.41) is 9.10. The quantitative estimate of drug-likeness (QED) is 0.590. The summed E-state index contributed by atoms with van der Waals surface area (Å²) < 4.78 is 0. The maximum atomic E-state index is 9.10. The number of benzene rings is 2. The third-order valence-electron chi connectivity index (χ3n) is 1.97. The van der Waals surface area contributed by atoms with Crippen molar-refractivity contribution in [3.8, 4) is 16.9 Å². The van der Waals surface area contributed by atoms with E-state index in [9.17, 15) is 0 Å². The Bertz CT molecular complexity index is 376. The van der Waals surface area contributed by atoms with Crippen LogP contribution in [-0.2, 0) is 0 Å². The first-order valence-corrected chi connectivity index (χ1v) is 8.21. The molecule has 0 radical (unpaired) electrons. The monoisotopic (exact) mass is 290 g/mol. The lowest BCUT2D eigenvalue weighted by molar-refractivity contribution is 0.475. The Morgan fingerprint density at radius 3 is 1.19 bits per heavy atom. The Hall–Kier alpha value is -1.76. The molecule has 0 unspecified atom stereocenters. The summed E-state index contributed by atoms with van der Waals surface area (Å²) in [4.78, 5) is 0. The Balaban J connectivity index is -0.000000353. The molecule has 1 nitrogen and oxygen atoms in total. The summed E-state index contributed by atoms with van der Waals surface area (Å²) in [6, 6.07) is 17.3. The number of rotatable bonds is 1. The van der Waals surface area contributed by atoms with Gasteiger partial charge in [0.1, 0.15) is 5.75 Å². The van der Waals surface area contributed by atoms with Gasteiger partial charge in [-0.1, -0.05) is 97.9 Å². The molecule has 2 rings (SSSR count). The second kappa shape index (κ2) is 20.6. The molecule has 120 valence electrons. The minimum absolute atomic E-state index is 0.305. The molecule has 1 heteroatoms. The van der Waals surface area contributed by atoms with Gasteiger partial charge in [0.2, 0.25) is 0 Å². The van der Waals surface area contributed by atoms with Crippen LogP contribution in [0.1, 0.15) is 55.4 Å². The van der Waals surface area contributed by atoms with Gasteiger partial charge in [0.05, 0.1) is 0 Å². The normalized spacial score (nSPS) is 7.24. The van der Waals surface area contributed by atoms with Crippen molar-refractivity contribution < 1.29 is 5.11 Å². The van der Waals surface area contributed by atoms with Crippen molar-refractivity contribution in [3.63, 3.8) is 0 Å². The minimum atomic E-state index is 0.305. The zero-order valence-electron chi connectivity index (χ0n) is 15.1. The van der Waals surface area contributed by atoms with Gasteiger partial charge in [-0.15, -0.1) is 0 Å². The van der Waals surface area contributed by atoms with Crippen LogP contribution in [0, 0.1) is 0 Å². The highest BCUT2D eigenvalue weighted by atomic mass is 16.3. The highest BCUT2D eigenvalue weighted by molar-refractivity contribution is 5.63. The molecule has 1 N–H and O–H groups in total. The molecular formula is C20H34O. The molecule has 0 heterocycles. The van der Waals surface area contributed by atoms with Gasteiger partial charge in [0.25, 0.3) is 0 Å². The molecule has 0 fully saturated rings. The van der Waals surface area contributed by atoms with E-state index in [0.717, 1.165) is 5.56 Å². The molecule has 0 aliphatic carbocycles. The topological polar surface area (TPSA) is 20.2 Å². The van der Waals surface area contributed by atoms with Crippen molar-refractivity contribution in [2.24, 2.45) is 0 Å². The molecule has 21 heavy (non-hydrogen) atoms. The fourth-order valence-corrected chi connectivity index (χ4v) is 1.28. The van der Waals surface area contributed by atoms with E-state index in [-0.39, 0.29) is 0 Å². The number of phenols is 1. The second-order valence-electron chi connectivity index (χ2n) is 2.91. The van der Waals surface area contributed by atoms with Crippen LogP contribution in [-0.4, -0.2) is 5.11 Å². The first-order chi connectivity index (χ1) is 10.4. The summed E-state index contributed by atoms with van der Waals surface area (Å²) >= 11 is 0. The molecule has 0 saturated carbocycles. The van der Waals surface area contributed by atoms with Crippen molar-refractivity contribution in [1.82, 2.24) is 0 Å². The van der Waals surface area contributed by atoms with E-state index in [0.29, 0.717) is 5.75 Å². The Morgan fingerprint density at radius 1 is 0.476 bits per heavy atom. The highest BCUT2D eigenvalue weighted by Gasteiger charge is 1.94. The molecule has 0 atom stereocenters. The van der Waals surface area contributed by atoms with Crippen LogP contribution < -0.4 is 0 Å². The van der Waals surface area contributed by atoms with E-state index >= 15 is 0 Å². The third-order valence-corrected chi connectivity index (χ3v) is 1.97. The number of hydrogen-bond donors (Lipinski definition) is 1. The van der Waals surface area contributed by atoms with E-state index < -0.39 is 0 Å². The number of hydrogen-bond acceptors (Lipinski definition) is 1. The predicted octanol–water partition coefficient (Wildman–Crippen LogP) is 7.16. The fourth-order valence-electron chi connectivity index (χ4n) is 1.28. The maximum absolute atomic E-state index is 9.10. The van der Waals surface area contributed by atoms with Crippen LogP contribution >= 0.6 is 0 Å².